The third-order valence-corrected chi connectivity index (χ3v) is 5.50. The molecule has 104 valence electrons. The SMILES string of the molecule is Cc1cc(Cl)cc(C(=O)NC2CS(=O)(=O)CC2Cl)c1. The van der Waals surface area contributed by atoms with E-state index in [1.54, 1.807) is 12.1 Å². The van der Waals surface area contributed by atoms with Gasteiger partial charge >= 0.3 is 0 Å². The van der Waals surface area contributed by atoms with Crippen molar-refractivity contribution >= 4 is 38.9 Å². The Labute approximate surface area is 122 Å². The van der Waals surface area contributed by atoms with Crippen molar-refractivity contribution in [2.24, 2.45) is 0 Å². The molecule has 0 aromatic heterocycles. The number of hydrogen-bond acceptors (Lipinski definition) is 3. The normalized spacial score (nSPS) is 25.2. The van der Waals surface area contributed by atoms with Crippen LogP contribution in [0.4, 0.5) is 0 Å². The Hall–Kier alpha value is -0.780. The van der Waals surface area contributed by atoms with Crippen LogP contribution in [0.1, 0.15) is 15.9 Å². The topological polar surface area (TPSA) is 63.2 Å². The third-order valence-electron chi connectivity index (χ3n) is 2.90. The second-order valence-electron chi connectivity index (χ2n) is 4.69. The third kappa shape index (κ3) is 3.61. The van der Waals surface area contributed by atoms with Crippen molar-refractivity contribution in [1.29, 1.82) is 0 Å². The lowest BCUT2D eigenvalue weighted by molar-refractivity contribution is 0.0941. The van der Waals surface area contributed by atoms with Crippen LogP contribution < -0.4 is 5.32 Å². The second kappa shape index (κ2) is 5.31. The van der Waals surface area contributed by atoms with Gasteiger partial charge in [-0.1, -0.05) is 11.6 Å². The van der Waals surface area contributed by atoms with Crippen molar-refractivity contribution in [3.05, 3.63) is 34.3 Å². The van der Waals surface area contributed by atoms with Gasteiger partial charge in [-0.3, -0.25) is 4.79 Å². The van der Waals surface area contributed by atoms with E-state index in [1.165, 1.54) is 6.07 Å². The van der Waals surface area contributed by atoms with Crippen LogP contribution >= 0.6 is 23.2 Å². The van der Waals surface area contributed by atoms with Crippen LogP contribution in [-0.4, -0.2) is 37.2 Å². The van der Waals surface area contributed by atoms with Crippen molar-refractivity contribution in [2.45, 2.75) is 18.3 Å². The van der Waals surface area contributed by atoms with Crippen molar-refractivity contribution in [3.63, 3.8) is 0 Å². The van der Waals surface area contributed by atoms with Crippen LogP contribution in [0.2, 0.25) is 5.02 Å². The van der Waals surface area contributed by atoms with E-state index in [-0.39, 0.29) is 17.4 Å². The van der Waals surface area contributed by atoms with Crippen molar-refractivity contribution < 1.29 is 13.2 Å². The molecule has 1 amide bonds. The number of nitrogens with one attached hydrogen (secondary N) is 1. The molecule has 0 radical (unpaired) electrons. The van der Waals surface area contributed by atoms with Crippen LogP contribution in [0, 0.1) is 6.92 Å². The summed E-state index contributed by atoms with van der Waals surface area (Å²) in [6.45, 7) is 1.83. The largest absolute Gasteiger partial charge is 0.347 e. The minimum absolute atomic E-state index is 0.103. The number of carbonyl (C=O) groups excluding carboxylic acids is 1. The molecule has 4 nitrogen and oxygen atoms in total. The Morgan fingerprint density at radius 1 is 1.32 bits per heavy atom. The molecule has 1 fully saturated rings. The molecule has 7 heteroatoms. The van der Waals surface area contributed by atoms with E-state index in [4.69, 9.17) is 23.2 Å². The summed E-state index contributed by atoms with van der Waals surface area (Å²) >= 11 is 11.8. The van der Waals surface area contributed by atoms with Crippen LogP contribution in [0.5, 0.6) is 0 Å². The molecule has 19 heavy (non-hydrogen) atoms. The minimum Gasteiger partial charge on any atom is -0.347 e. The number of sulfone groups is 1. The summed E-state index contributed by atoms with van der Waals surface area (Å²) in [6, 6.07) is 4.41. The fraction of sp³-hybridized carbons (Fsp3) is 0.417. The van der Waals surface area contributed by atoms with Gasteiger partial charge in [-0.25, -0.2) is 8.42 Å². The molecule has 2 atom stereocenters. The Bertz CT molecular complexity index is 595. The minimum atomic E-state index is -3.16. The zero-order valence-electron chi connectivity index (χ0n) is 10.2. The molecule has 1 N–H and O–H groups in total. The predicted octanol–water partition coefficient (Wildman–Crippen LogP) is 1.78. The van der Waals surface area contributed by atoms with Crippen molar-refractivity contribution in [3.8, 4) is 0 Å². The molecule has 1 aromatic carbocycles. The molecule has 0 bridgehead atoms. The van der Waals surface area contributed by atoms with E-state index < -0.39 is 21.3 Å². The molecule has 2 rings (SSSR count). The highest BCUT2D eigenvalue weighted by Crippen LogP contribution is 2.19. The van der Waals surface area contributed by atoms with Gasteiger partial charge in [0.15, 0.2) is 9.84 Å². The first-order valence-corrected chi connectivity index (χ1v) is 8.33. The molecule has 2 unspecified atom stereocenters. The smallest absolute Gasteiger partial charge is 0.251 e. The monoisotopic (exact) mass is 321 g/mol. The van der Waals surface area contributed by atoms with Gasteiger partial charge in [0.1, 0.15) is 0 Å². The number of aryl methyl sites for hydroxylation is 1. The lowest BCUT2D eigenvalue weighted by atomic mass is 10.1. The van der Waals surface area contributed by atoms with Gasteiger partial charge in [0.25, 0.3) is 5.91 Å². The number of halogens is 2. The zero-order chi connectivity index (χ0) is 14.2. The summed E-state index contributed by atoms with van der Waals surface area (Å²) in [5.74, 6) is -0.584. The zero-order valence-corrected chi connectivity index (χ0v) is 12.5. The number of carbonyl (C=O) groups is 1. The lowest BCUT2D eigenvalue weighted by Gasteiger charge is -2.14. The van der Waals surface area contributed by atoms with Crippen molar-refractivity contribution in [2.75, 3.05) is 11.5 Å². The Morgan fingerprint density at radius 2 is 2.00 bits per heavy atom. The standard InChI is InChI=1S/C12H13Cl2NO3S/c1-7-2-8(4-9(13)3-7)12(16)15-11-6-19(17,18)5-10(11)14/h2-4,10-11H,5-6H2,1H3,(H,15,16). The maximum atomic E-state index is 12.0. The number of amides is 1. The van der Waals surface area contributed by atoms with Crippen LogP contribution in [-0.2, 0) is 9.84 Å². The number of benzene rings is 1. The maximum Gasteiger partial charge on any atom is 0.251 e. The Morgan fingerprint density at radius 3 is 2.53 bits per heavy atom. The molecular weight excluding hydrogens is 309 g/mol. The number of rotatable bonds is 2. The van der Waals surface area contributed by atoms with E-state index in [9.17, 15) is 13.2 Å². The van der Waals surface area contributed by atoms with Crippen molar-refractivity contribution in [1.82, 2.24) is 5.32 Å². The lowest BCUT2D eigenvalue weighted by Crippen LogP contribution is -2.40. The first-order chi connectivity index (χ1) is 8.77. The highest BCUT2D eigenvalue weighted by molar-refractivity contribution is 7.91. The van der Waals surface area contributed by atoms with Crippen LogP contribution in [0.15, 0.2) is 18.2 Å². The summed E-state index contributed by atoms with van der Waals surface area (Å²) in [6.07, 6.45) is 0. The van der Waals surface area contributed by atoms with E-state index in [1.807, 2.05) is 6.92 Å². The fourth-order valence-electron chi connectivity index (χ4n) is 2.06. The molecule has 0 saturated carbocycles. The van der Waals surface area contributed by atoms with E-state index in [0.717, 1.165) is 5.56 Å². The first-order valence-electron chi connectivity index (χ1n) is 5.69. The maximum absolute atomic E-state index is 12.0. The summed E-state index contributed by atoms with van der Waals surface area (Å²) in [4.78, 5) is 12.0. The van der Waals surface area contributed by atoms with Gasteiger partial charge in [0.2, 0.25) is 0 Å². The molecule has 1 aromatic rings. The van der Waals surface area contributed by atoms with E-state index in [0.29, 0.717) is 10.6 Å². The number of alkyl halides is 1. The van der Waals surface area contributed by atoms with Crippen LogP contribution in [0.25, 0.3) is 0 Å². The van der Waals surface area contributed by atoms with E-state index in [2.05, 4.69) is 5.32 Å². The average molecular weight is 322 g/mol. The van der Waals surface area contributed by atoms with Crippen LogP contribution in [0.3, 0.4) is 0 Å². The first kappa shape index (κ1) is 14.6. The molecule has 1 saturated heterocycles. The molecular formula is C12H13Cl2NO3S. The molecule has 0 spiro atoms. The highest BCUT2D eigenvalue weighted by atomic mass is 35.5. The second-order valence-corrected chi connectivity index (χ2v) is 7.84. The van der Waals surface area contributed by atoms with Gasteiger partial charge in [-0.2, -0.15) is 0 Å². The Balaban J connectivity index is 2.13. The molecule has 1 heterocycles. The molecule has 0 aliphatic carbocycles. The summed E-state index contributed by atoms with van der Waals surface area (Å²) in [5, 5.41) is 2.52. The Kier molecular flexibility index (Phi) is 4.08. The van der Waals surface area contributed by atoms with Gasteiger partial charge in [0, 0.05) is 10.6 Å². The number of hydrogen-bond donors (Lipinski definition) is 1. The summed E-state index contributed by atoms with van der Waals surface area (Å²) < 4.78 is 22.8. The predicted molar refractivity (Wildman–Crippen MR) is 75.7 cm³/mol. The molecule has 1 aliphatic heterocycles. The van der Waals surface area contributed by atoms with Gasteiger partial charge in [0.05, 0.1) is 22.9 Å². The molecule has 1 aliphatic rings. The summed E-state index contributed by atoms with van der Waals surface area (Å²) in [5.41, 5.74) is 1.26. The fourth-order valence-corrected chi connectivity index (χ4v) is 4.90. The summed E-state index contributed by atoms with van der Waals surface area (Å²) in [7, 11) is -3.16. The van der Waals surface area contributed by atoms with Gasteiger partial charge < -0.3 is 5.32 Å². The highest BCUT2D eigenvalue weighted by Gasteiger charge is 2.37. The average Bonchev–Trinajstić information content (AvgIpc) is 2.50. The van der Waals surface area contributed by atoms with E-state index >= 15 is 0 Å². The van der Waals surface area contributed by atoms with Gasteiger partial charge in [-0.05, 0) is 30.7 Å². The quantitative estimate of drug-likeness (QED) is 0.844. The van der Waals surface area contributed by atoms with Gasteiger partial charge in [-0.15, -0.1) is 11.6 Å².